The van der Waals surface area contributed by atoms with Crippen molar-refractivity contribution in [2.45, 2.75) is 45.1 Å². The summed E-state index contributed by atoms with van der Waals surface area (Å²) in [6, 6.07) is 3.78. The first-order chi connectivity index (χ1) is 12.7. The Kier molecular flexibility index (Phi) is 5.34. The number of hydrogen-bond acceptors (Lipinski definition) is 6. The third-order valence-electron chi connectivity index (χ3n) is 4.67. The molecule has 1 aromatic heterocycles. The predicted octanol–water partition coefficient (Wildman–Crippen LogP) is 1.66. The van der Waals surface area contributed by atoms with E-state index in [0.29, 0.717) is 39.0 Å². The maximum atomic E-state index is 12.1. The van der Waals surface area contributed by atoms with Crippen LogP contribution in [0.4, 0.5) is 10.6 Å². The summed E-state index contributed by atoms with van der Waals surface area (Å²) in [5, 5.41) is 2.37. The van der Waals surface area contributed by atoms with Crippen molar-refractivity contribution < 1.29 is 19.1 Å². The van der Waals surface area contributed by atoms with Crippen LogP contribution in [-0.4, -0.2) is 59.6 Å². The van der Waals surface area contributed by atoms with E-state index in [9.17, 15) is 14.4 Å². The van der Waals surface area contributed by atoms with Gasteiger partial charge >= 0.3 is 6.09 Å². The van der Waals surface area contributed by atoms with E-state index in [2.05, 4.69) is 15.2 Å². The molecule has 1 atom stereocenters. The van der Waals surface area contributed by atoms with Crippen molar-refractivity contribution in [2.75, 3.05) is 31.1 Å². The number of pyridine rings is 1. The number of carbonyl (C=O) groups excluding carboxylic acids is 3. The highest BCUT2D eigenvalue weighted by atomic mass is 16.6. The lowest BCUT2D eigenvalue weighted by molar-refractivity contribution is -0.134. The van der Waals surface area contributed by atoms with Crippen molar-refractivity contribution in [3.63, 3.8) is 0 Å². The highest BCUT2D eigenvalue weighted by molar-refractivity contribution is 6.00. The van der Waals surface area contributed by atoms with E-state index in [1.54, 1.807) is 11.1 Å². The fraction of sp³-hybridized carbons (Fsp3) is 0.579. The van der Waals surface area contributed by atoms with Gasteiger partial charge in [0, 0.05) is 38.8 Å². The van der Waals surface area contributed by atoms with Crippen LogP contribution >= 0.6 is 0 Å². The van der Waals surface area contributed by atoms with Gasteiger partial charge in [0.05, 0.1) is 5.92 Å². The van der Waals surface area contributed by atoms with Crippen LogP contribution in [0, 0.1) is 0 Å². The number of nitrogens with zero attached hydrogens (tertiary/aromatic N) is 3. The molecule has 2 aliphatic rings. The lowest BCUT2D eigenvalue weighted by Crippen LogP contribution is -2.50. The molecule has 1 aromatic rings. The van der Waals surface area contributed by atoms with E-state index in [1.807, 2.05) is 32.9 Å². The highest BCUT2D eigenvalue weighted by Crippen LogP contribution is 2.25. The second-order valence-corrected chi connectivity index (χ2v) is 7.91. The Bertz CT molecular complexity index is 718. The van der Waals surface area contributed by atoms with Crippen molar-refractivity contribution in [1.29, 1.82) is 0 Å². The molecule has 2 aliphatic heterocycles. The summed E-state index contributed by atoms with van der Waals surface area (Å²) in [4.78, 5) is 43.7. The monoisotopic (exact) mass is 374 g/mol. The minimum absolute atomic E-state index is 0.219. The fourth-order valence-electron chi connectivity index (χ4n) is 3.25. The number of carbonyl (C=O) groups is 3. The second kappa shape index (κ2) is 7.54. The predicted molar refractivity (Wildman–Crippen MR) is 99.4 cm³/mol. The zero-order valence-electron chi connectivity index (χ0n) is 16.0. The quantitative estimate of drug-likeness (QED) is 0.792. The molecule has 2 saturated heterocycles. The molecule has 2 fully saturated rings. The largest absolute Gasteiger partial charge is 0.444 e. The van der Waals surface area contributed by atoms with Crippen LogP contribution in [0.2, 0.25) is 0 Å². The standard InChI is InChI=1S/C19H26N4O4/c1-19(2,3)27-18(26)23-10-8-22(9-11-23)15-6-4-13(12-20-15)14-5-7-16(24)21-17(14)25/h4,6,12,14H,5,7-11H2,1-3H3,(H,21,24,25). The van der Waals surface area contributed by atoms with Gasteiger partial charge in [0.1, 0.15) is 11.4 Å². The minimum Gasteiger partial charge on any atom is -0.444 e. The van der Waals surface area contributed by atoms with Crippen LogP contribution in [0.3, 0.4) is 0 Å². The number of piperidine rings is 1. The molecule has 27 heavy (non-hydrogen) atoms. The van der Waals surface area contributed by atoms with E-state index < -0.39 is 5.60 Å². The van der Waals surface area contributed by atoms with Gasteiger partial charge in [0.2, 0.25) is 11.8 Å². The summed E-state index contributed by atoms with van der Waals surface area (Å²) < 4.78 is 5.41. The number of imide groups is 1. The van der Waals surface area contributed by atoms with Gasteiger partial charge in [-0.15, -0.1) is 0 Å². The molecule has 1 N–H and O–H groups in total. The fourth-order valence-corrected chi connectivity index (χ4v) is 3.25. The minimum atomic E-state index is -0.498. The molecule has 0 spiro atoms. The lowest BCUT2D eigenvalue weighted by Gasteiger charge is -2.36. The average molecular weight is 374 g/mol. The average Bonchev–Trinajstić information content (AvgIpc) is 2.61. The van der Waals surface area contributed by atoms with Crippen LogP contribution in [-0.2, 0) is 14.3 Å². The van der Waals surface area contributed by atoms with Gasteiger partial charge in [-0.3, -0.25) is 14.9 Å². The van der Waals surface area contributed by atoms with Gasteiger partial charge in [0.25, 0.3) is 0 Å². The molecular weight excluding hydrogens is 348 g/mol. The number of amides is 3. The number of hydrogen-bond donors (Lipinski definition) is 1. The molecule has 146 valence electrons. The Hall–Kier alpha value is -2.64. The van der Waals surface area contributed by atoms with Crippen molar-refractivity contribution in [3.05, 3.63) is 23.9 Å². The van der Waals surface area contributed by atoms with E-state index in [1.165, 1.54) is 0 Å². The number of anilines is 1. The van der Waals surface area contributed by atoms with Gasteiger partial charge in [-0.2, -0.15) is 0 Å². The number of piperazine rings is 1. The summed E-state index contributed by atoms with van der Waals surface area (Å²) >= 11 is 0. The number of nitrogens with one attached hydrogen (secondary N) is 1. The van der Waals surface area contributed by atoms with E-state index in [0.717, 1.165) is 11.4 Å². The molecule has 3 amide bonds. The van der Waals surface area contributed by atoms with Crippen molar-refractivity contribution in [2.24, 2.45) is 0 Å². The van der Waals surface area contributed by atoms with Gasteiger partial charge in [-0.1, -0.05) is 6.07 Å². The molecule has 8 heteroatoms. The Morgan fingerprint density at radius 3 is 2.44 bits per heavy atom. The third kappa shape index (κ3) is 4.75. The summed E-state index contributed by atoms with van der Waals surface area (Å²) in [7, 11) is 0. The number of rotatable bonds is 2. The van der Waals surface area contributed by atoms with Gasteiger partial charge in [-0.05, 0) is 38.8 Å². The molecule has 0 aliphatic carbocycles. The summed E-state index contributed by atoms with van der Waals surface area (Å²) in [6.45, 7) is 8.06. The van der Waals surface area contributed by atoms with Gasteiger partial charge < -0.3 is 14.5 Å². The first-order valence-electron chi connectivity index (χ1n) is 9.25. The number of aromatic nitrogens is 1. The maximum absolute atomic E-state index is 12.1. The van der Waals surface area contributed by atoms with E-state index in [4.69, 9.17) is 4.74 Å². The highest BCUT2D eigenvalue weighted by Gasteiger charge is 2.29. The Balaban J connectivity index is 1.57. The molecule has 0 radical (unpaired) electrons. The van der Waals surface area contributed by atoms with Gasteiger partial charge in [0.15, 0.2) is 0 Å². The SMILES string of the molecule is CC(C)(C)OC(=O)N1CCN(c2ccc(C3CCC(=O)NC3=O)cn2)CC1. The summed E-state index contributed by atoms with van der Waals surface area (Å²) in [6.07, 6.45) is 2.28. The second-order valence-electron chi connectivity index (χ2n) is 7.91. The summed E-state index contributed by atoms with van der Waals surface area (Å²) in [5.74, 6) is 0.0126. The zero-order valence-corrected chi connectivity index (χ0v) is 16.0. The molecule has 3 rings (SSSR count). The van der Waals surface area contributed by atoms with E-state index >= 15 is 0 Å². The lowest BCUT2D eigenvalue weighted by atomic mass is 9.92. The molecule has 0 aromatic carbocycles. The van der Waals surface area contributed by atoms with Crippen molar-refractivity contribution in [1.82, 2.24) is 15.2 Å². The van der Waals surface area contributed by atoms with Crippen molar-refractivity contribution >= 4 is 23.7 Å². The first kappa shape index (κ1) is 19.1. The Morgan fingerprint density at radius 1 is 1.19 bits per heavy atom. The first-order valence-corrected chi connectivity index (χ1v) is 9.25. The third-order valence-corrected chi connectivity index (χ3v) is 4.67. The Morgan fingerprint density at radius 2 is 1.89 bits per heavy atom. The molecule has 3 heterocycles. The molecule has 0 saturated carbocycles. The van der Waals surface area contributed by atoms with Crippen LogP contribution in [0.1, 0.15) is 45.1 Å². The maximum Gasteiger partial charge on any atom is 0.410 e. The molecule has 0 bridgehead atoms. The normalized spacial score (nSPS) is 21.1. The molecular formula is C19H26N4O4. The van der Waals surface area contributed by atoms with Gasteiger partial charge in [-0.25, -0.2) is 9.78 Å². The van der Waals surface area contributed by atoms with Crippen molar-refractivity contribution in [3.8, 4) is 0 Å². The van der Waals surface area contributed by atoms with Crippen LogP contribution in [0.5, 0.6) is 0 Å². The number of ether oxygens (including phenoxy) is 1. The topological polar surface area (TPSA) is 91.8 Å². The Labute approximate surface area is 158 Å². The smallest absolute Gasteiger partial charge is 0.410 e. The molecule has 8 nitrogen and oxygen atoms in total. The zero-order chi connectivity index (χ0) is 19.6. The van der Waals surface area contributed by atoms with Crippen LogP contribution < -0.4 is 10.2 Å². The molecule has 1 unspecified atom stereocenters. The van der Waals surface area contributed by atoms with Crippen LogP contribution in [0.15, 0.2) is 18.3 Å². The summed E-state index contributed by atoms with van der Waals surface area (Å²) in [5.41, 5.74) is 0.317. The van der Waals surface area contributed by atoms with E-state index in [-0.39, 0.29) is 23.8 Å². The van der Waals surface area contributed by atoms with Crippen LogP contribution in [0.25, 0.3) is 0 Å².